The quantitative estimate of drug-likeness (QED) is 0.470. The maximum Gasteiger partial charge on any atom is 0.373 e. The summed E-state index contributed by atoms with van der Waals surface area (Å²) >= 11 is 0. The van der Waals surface area contributed by atoms with E-state index < -0.39 is 39.8 Å². The fourth-order valence-corrected chi connectivity index (χ4v) is 1.35. The third-order valence-electron chi connectivity index (χ3n) is 2.09. The van der Waals surface area contributed by atoms with Crippen LogP contribution in [0.4, 0.5) is 14.6 Å². The van der Waals surface area contributed by atoms with Gasteiger partial charge in [0.1, 0.15) is 17.2 Å². The van der Waals surface area contributed by atoms with Crippen LogP contribution in [-0.2, 0) is 4.74 Å². The maximum atomic E-state index is 12.8. The average Bonchev–Trinajstić information content (AvgIpc) is 2.36. The number of hydrogen-bond donors (Lipinski definition) is 0. The molecule has 0 aliphatic rings. The minimum Gasteiger partial charge on any atom is -0.462 e. The number of nitriles is 1. The van der Waals surface area contributed by atoms with Crippen molar-refractivity contribution in [3.05, 3.63) is 33.0 Å². The number of halogens is 2. The molecule has 1 aromatic heterocycles. The zero-order chi connectivity index (χ0) is 14.6. The van der Waals surface area contributed by atoms with E-state index >= 15 is 0 Å². The minimum absolute atomic E-state index is 0.0370. The molecule has 0 atom stereocenters. The molecule has 0 bridgehead atoms. The summed E-state index contributed by atoms with van der Waals surface area (Å²) in [5.74, 6) is -2.19. The number of alkyl halides is 2. The van der Waals surface area contributed by atoms with Crippen molar-refractivity contribution in [3.8, 4) is 6.07 Å². The molecule has 0 amide bonds. The second kappa shape index (κ2) is 5.81. The number of pyridine rings is 1. The molecule has 0 saturated heterocycles. The van der Waals surface area contributed by atoms with Crippen LogP contribution in [0.2, 0.25) is 0 Å². The molecule has 7 nitrogen and oxygen atoms in total. The molecule has 0 aromatic carbocycles. The standard InChI is InChI=1S/C10H7F2N3O4/c1-2-19-10(16)6-4-14-9(15(17)18)7(8(11)12)5(6)3-13/h4,8H,2H2,1H3. The zero-order valence-corrected chi connectivity index (χ0v) is 9.59. The lowest BCUT2D eigenvalue weighted by molar-refractivity contribution is -0.391. The van der Waals surface area contributed by atoms with E-state index in [-0.39, 0.29) is 6.61 Å². The average molecular weight is 271 g/mol. The maximum absolute atomic E-state index is 12.8. The van der Waals surface area contributed by atoms with Crippen LogP contribution in [-0.4, -0.2) is 22.5 Å². The summed E-state index contributed by atoms with van der Waals surface area (Å²) in [6.45, 7) is 1.45. The summed E-state index contributed by atoms with van der Waals surface area (Å²) < 4.78 is 30.2. The molecule has 0 unspecified atom stereocenters. The Morgan fingerprint density at radius 2 is 2.32 bits per heavy atom. The number of aromatic nitrogens is 1. The summed E-state index contributed by atoms with van der Waals surface area (Å²) in [5.41, 5.74) is -2.50. The highest BCUT2D eigenvalue weighted by Crippen LogP contribution is 2.32. The fraction of sp³-hybridized carbons (Fsp3) is 0.300. The van der Waals surface area contributed by atoms with Crippen LogP contribution in [0.1, 0.15) is 34.8 Å². The molecule has 0 aliphatic carbocycles. The minimum atomic E-state index is -3.31. The van der Waals surface area contributed by atoms with Crippen LogP contribution in [0.3, 0.4) is 0 Å². The lowest BCUT2D eigenvalue weighted by Crippen LogP contribution is -2.12. The number of carbonyl (C=O) groups is 1. The lowest BCUT2D eigenvalue weighted by atomic mass is 10.0. The molecule has 0 N–H and O–H groups in total. The molecule has 9 heteroatoms. The Morgan fingerprint density at radius 3 is 2.74 bits per heavy atom. The second-order valence-corrected chi connectivity index (χ2v) is 3.17. The predicted octanol–water partition coefficient (Wildman–Crippen LogP) is 1.98. The summed E-state index contributed by atoms with van der Waals surface area (Å²) in [6.07, 6.45) is -2.63. The van der Waals surface area contributed by atoms with E-state index in [4.69, 9.17) is 5.26 Å². The Labute approximate surface area is 105 Å². The van der Waals surface area contributed by atoms with Crippen LogP contribution >= 0.6 is 0 Å². The number of hydrogen-bond acceptors (Lipinski definition) is 6. The summed E-state index contributed by atoms with van der Waals surface area (Å²) in [4.78, 5) is 24.1. The number of nitrogens with zero attached hydrogens (tertiary/aromatic N) is 3. The van der Waals surface area contributed by atoms with Gasteiger partial charge in [0.25, 0.3) is 6.43 Å². The van der Waals surface area contributed by atoms with E-state index in [0.717, 1.165) is 0 Å². The van der Waals surface area contributed by atoms with Crippen LogP contribution < -0.4 is 0 Å². The van der Waals surface area contributed by atoms with Crippen molar-refractivity contribution in [1.29, 1.82) is 5.26 Å². The summed E-state index contributed by atoms with van der Waals surface area (Å²) in [5, 5.41) is 19.4. The summed E-state index contributed by atoms with van der Waals surface area (Å²) in [6, 6.07) is 1.35. The van der Waals surface area contributed by atoms with Crippen molar-refractivity contribution < 1.29 is 23.2 Å². The van der Waals surface area contributed by atoms with E-state index in [1.807, 2.05) is 0 Å². The predicted molar refractivity (Wildman–Crippen MR) is 56.5 cm³/mol. The van der Waals surface area contributed by atoms with Gasteiger partial charge in [-0.15, -0.1) is 0 Å². The first-order chi connectivity index (χ1) is 8.93. The highest BCUT2D eigenvalue weighted by Gasteiger charge is 2.32. The molecule has 1 heterocycles. The van der Waals surface area contributed by atoms with Crippen molar-refractivity contribution in [3.63, 3.8) is 0 Å². The number of carbonyl (C=O) groups excluding carboxylic acids is 1. The highest BCUT2D eigenvalue weighted by atomic mass is 19.3. The van der Waals surface area contributed by atoms with E-state index in [0.29, 0.717) is 6.20 Å². The van der Waals surface area contributed by atoms with Gasteiger partial charge < -0.3 is 14.9 Å². The van der Waals surface area contributed by atoms with E-state index in [2.05, 4.69) is 9.72 Å². The number of rotatable bonds is 4. The Morgan fingerprint density at radius 1 is 1.68 bits per heavy atom. The molecule has 1 aromatic rings. The van der Waals surface area contributed by atoms with Gasteiger partial charge in [-0.1, -0.05) is 0 Å². The van der Waals surface area contributed by atoms with E-state index in [9.17, 15) is 23.7 Å². The zero-order valence-electron chi connectivity index (χ0n) is 9.59. The number of nitro groups is 1. The number of ether oxygens (including phenoxy) is 1. The van der Waals surface area contributed by atoms with Gasteiger partial charge in [-0.3, -0.25) is 0 Å². The highest BCUT2D eigenvalue weighted by molar-refractivity contribution is 5.92. The molecule has 0 aliphatic heterocycles. The van der Waals surface area contributed by atoms with Crippen molar-refractivity contribution in [1.82, 2.24) is 4.98 Å². The number of esters is 1. The topological polar surface area (TPSA) is 106 Å². The van der Waals surface area contributed by atoms with Crippen molar-refractivity contribution in [2.45, 2.75) is 13.3 Å². The Kier molecular flexibility index (Phi) is 4.41. The largest absolute Gasteiger partial charge is 0.462 e. The fourth-order valence-electron chi connectivity index (χ4n) is 1.35. The van der Waals surface area contributed by atoms with Gasteiger partial charge in [0.2, 0.25) is 0 Å². The lowest BCUT2D eigenvalue weighted by Gasteiger charge is -2.07. The third-order valence-corrected chi connectivity index (χ3v) is 2.09. The van der Waals surface area contributed by atoms with Gasteiger partial charge in [0.15, 0.2) is 6.20 Å². The third kappa shape index (κ3) is 2.79. The molecule has 1 rings (SSSR count). The van der Waals surface area contributed by atoms with Gasteiger partial charge in [-0.25, -0.2) is 13.6 Å². The molecule has 0 radical (unpaired) electrons. The van der Waals surface area contributed by atoms with Crippen LogP contribution in [0.25, 0.3) is 0 Å². The Hall–Kier alpha value is -2.63. The molecule has 19 heavy (non-hydrogen) atoms. The monoisotopic (exact) mass is 271 g/mol. The van der Waals surface area contributed by atoms with Crippen LogP contribution in [0.5, 0.6) is 0 Å². The first-order valence-corrected chi connectivity index (χ1v) is 4.96. The molecular formula is C10H7F2N3O4. The molecule has 0 spiro atoms. The van der Waals surface area contributed by atoms with Crippen LogP contribution in [0, 0.1) is 21.4 Å². The van der Waals surface area contributed by atoms with Crippen LogP contribution in [0.15, 0.2) is 6.20 Å². The van der Waals surface area contributed by atoms with Crippen molar-refractivity contribution >= 4 is 11.8 Å². The molecule has 100 valence electrons. The van der Waals surface area contributed by atoms with Gasteiger partial charge in [0, 0.05) is 0 Å². The SMILES string of the molecule is CCOC(=O)c1cnc([N+](=O)[O-])c(C(F)F)c1C#N. The van der Waals surface area contributed by atoms with E-state index in [1.165, 1.54) is 13.0 Å². The summed E-state index contributed by atoms with van der Waals surface area (Å²) in [7, 11) is 0. The van der Waals surface area contributed by atoms with Crippen molar-refractivity contribution in [2.75, 3.05) is 6.61 Å². The Bertz CT molecular complexity index is 569. The molecular weight excluding hydrogens is 264 g/mol. The van der Waals surface area contributed by atoms with Gasteiger partial charge in [-0.05, 0) is 16.8 Å². The first-order valence-electron chi connectivity index (χ1n) is 4.96. The van der Waals surface area contributed by atoms with Gasteiger partial charge in [-0.2, -0.15) is 5.26 Å². The Balaban J connectivity index is 3.55. The second-order valence-electron chi connectivity index (χ2n) is 3.17. The van der Waals surface area contributed by atoms with Gasteiger partial charge >= 0.3 is 11.8 Å². The smallest absolute Gasteiger partial charge is 0.373 e. The van der Waals surface area contributed by atoms with Gasteiger partial charge in [0.05, 0.1) is 12.2 Å². The molecule has 0 fully saturated rings. The van der Waals surface area contributed by atoms with Crippen molar-refractivity contribution in [2.24, 2.45) is 0 Å². The first kappa shape index (κ1) is 14.4. The normalized spacial score (nSPS) is 10.1. The molecule has 0 saturated carbocycles. The van der Waals surface area contributed by atoms with E-state index in [1.54, 1.807) is 0 Å².